The van der Waals surface area contributed by atoms with Crippen LogP contribution in [0.1, 0.15) is 10.1 Å². The van der Waals surface area contributed by atoms with E-state index in [1.807, 2.05) is 0 Å². The molecule has 0 aliphatic heterocycles. The molecule has 1 aromatic rings. The first-order valence-corrected chi connectivity index (χ1v) is 7.05. The molecule has 0 saturated carbocycles. The van der Waals surface area contributed by atoms with Gasteiger partial charge in [-0.1, -0.05) is 18.2 Å². The van der Waals surface area contributed by atoms with Crippen molar-refractivity contribution in [1.82, 2.24) is 0 Å². The van der Waals surface area contributed by atoms with E-state index in [0.717, 1.165) is 23.5 Å². The second kappa shape index (κ2) is 7.17. The Morgan fingerprint density at radius 3 is 2.00 bits per heavy atom. The van der Waals surface area contributed by atoms with Gasteiger partial charge in [-0.15, -0.1) is 23.5 Å². The van der Waals surface area contributed by atoms with Crippen LogP contribution >= 0.6 is 23.5 Å². The number of aromatic hydroxyl groups is 1. The van der Waals surface area contributed by atoms with Crippen molar-refractivity contribution in [3.63, 3.8) is 0 Å². The van der Waals surface area contributed by atoms with E-state index in [1.165, 1.54) is 6.07 Å². The van der Waals surface area contributed by atoms with E-state index in [-0.39, 0.29) is 17.3 Å². The Labute approximate surface area is 112 Å². The van der Waals surface area contributed by atoms with E-state index >= 15 is 0 Å². The largest absolute Gasteiger partial charge is 0.508 e. The SMILES string of the molecule is O=C(O)CSC(SCC(=O)O)c1ccccc1O. The molecule has 0 aromatic heterocycles. The molecule has 0 atom stereocenters. The van der Waals surface area contributed by atoms with Gasteiger partial charge in [-0.2, -0.15) is 0 Å². The number of carboxylic acid groups (broad SMARTS) is 2. The highest BCUT2D eigenvalue weighted by Gasteiger charge is 2.18. The van der Waals surface area contributed by atoms with Gasteiger partial charge in [0, 0.05) is 5.56 Å². The van der Waals surface area contributed by atoms with E-state index in [1.54, 1.807) is 18.2 Å². The van der Waals surface area contributed by atoms with Crippen LogP contribution in [0.25, 0.3) is 0 Å². The summed E-state index contributed by atoms with van der Waals surface area (Å²) in [5.74, 6) is -2.21. The van der Waals surface area contributed by atoms with Crippen molar-refractivity contribution >= 4 is 35.5 Å². The minimum Gasteiger partial charge on any atom is -0.508 e. The van der Waals surface area contributed by atoms with Crippen molar-refractivity contribution in [3.05, 3.63) is 29.8 Å². The molecule has 0 bridgehead atoms. The smallest absolute Gasteiger partial charge is 0.313 e. The van der Waals surface area contributed by atoms with Crippen LogP contribution in [0.5, 0.6) is 5.75 Å². The molecular weight excluding hydrogens is 276 g/mol. The molecule has 0 unspecified atom stereocenters. The summed E-state index contributed by atoms with van der Waals surface area (Å²) in [6, 6.07) is 6.51. The van der Waals surface area contributed by atoms with E-state index < -0.39 is 16.5 Å². The molecule has 7 heteroatoms. The maximum absolute atomic E-state index is 10.5. The predicted molar refractivity (Wildman–Crippen MR) is 71.0 cm³/mol. The summed E-state index contributed by atoms with van der Waals surface area (Å²) in [4.78, 5) is 21.1. The summed E-state index contributed by atoms with van der Waals surface area (Å²) in [7, 11) is 0. The van der Waals surface area contributed by atoms with Crippen molar-refractivity contribution in [3.8, 4) is 5.75 Å². The monoisotopic (exact) mass is 288 g/mol. The van der Waals surface area contributed by atoms with Crippen molar-refractivity contribution in [2.24, 2.45) is 0 Å². The fraction of sp³-hybridized carbons (Fsp3) is 0.273. The fourth-order valence-electron chi connectivity index (χ4n) is 1.21. The van der Waals surface area contributed by atoms with Crippen LogP contribution < -0.4 is 0 Å². The number of carboxylic acids is 2. The average molecular weight is 288 g/mol. The third kappa shape index (κ3) is 4.89. The highest BCUT2D eigenvalue weighted by Crippen LogP contribution is 2.42. The topological polar surface area (TPSA) is 94.8 Å². The molecular formula is C11H12O5S2. The first-order valence-electron chi connectivity index (χ1n) is 4.95. The first kappa shape index (κ1) is 14.7. The lowest BCUT2D eigenvalue weighted by atomic mass is 10.2. The third-order valence-electron chi connectivity index (χ3n) is 1.91. The lowest BCUT2D eigenvalue weighted by Crippen LogP contribution is -2.04. The van der Waals surface area contributed by atoms with Crippen LogP contribution in [0.15, 0.2) is 24.3 Å². The van der Waals surface area contributed by atoms with Gasteiger partial charge in [0.1, 0.15) is 5.75 Å². The maximum Gasteiger partial charge on any atom is 0.313 e. The van der Waals surface area contributed by atoms with Crippen LogP contribution in [0.2, 0.25) is 0 Å². The number of carbonyl (C=O) groups is 2. The van der Waals surface area contributed by atoms with Crippen molar-refractivity contribution < 1.29 is 24.9 Å². The number of phenols is 1. The number of rotatable bonds is 7. The van der Waals surface area contributed by atoms with E-state index in [9.17, 15) is 14.7 Å². The zero-order chi connectivity index (χ0) is 13.5. The second-order valence-corrected chi connectivity index (χ2v) is 5.79. The molecule has 0 saturated heterocycles. The van der Waals surface area contributed by atoms with E-state index in [2.05, 4.69) is 0 Å². The minimum absolute atomic E-state index is 0.0401. The molecule has 0 amide bonds. The van der Waals surface area contributed by atoms with Gasteiger partial charge in [0.25, 0.3) is 0 Å². The Hall–Kier alpha value is -1.34. The highest BCUT2D eigenvalue weighted by molar-refractivity contribution is 8.16. The molecule has 5 nitrogen and oxygen atoms in total. The van der Waals surface area contributed by atoms with Crippen LogP contribution in [0.3, 0.4) is 0 Å². The zero-order valence-corrected chi connectivity index (χ0v) is 10.9. The summed E-state index contributed by atoms with van der Waals surface area (Å²) < 4.78 is -0.418. The van der Waals surface area contributed by atoms with Crippen molar-refractivity contribution in [2.45, 2.75) is 4.58 Å². The number of benzene rings is 1. The van der Waals surface area contributed by atoms with Gasteiger partial charge >= 0.3 is 11.9 Å². The second-order valence-electron chi connectivity index (χ2n) is 3.30. The maximum atomic E-state index is 10.5. The van der Waals surface area contributed by atoms with Crippen LogP contribution in [-0.2, 0) is 9.59 Å². The molecule has 98 valence electrons. The molecule has 1 aromatic carbocycles. The molecule has 0 aliphatic carbocycles. The van der Waals surface area contributed by atoms with Crippen molar-refractivity contribution in [1.29, 1.82) is 0 Å². The molecule has 0 spiro atoms. The summed E-state index contributed by atoms with van der Waals surface area (Å²) in [5, 5.41) is 27.0. The van der Waals surface area contributed by atoms with Crippen LogP contribution in [0.4, 0.5) is 0 Å². The fourth-order valence-corrected chi connectivity index (χ4v) is 3.35. The lowest BCUT2D eigenvalue weighted by Gasteiger charge is -2.15. The quantitative estimate of drug-likeness (QED) is 0.661. The molecule has 0 fully saturated rings. The molecule has 1 rings (SSSR count). The highest BCUT2D eigenvalue weighted by atomic mass is 32.2. The van der Waals surface area contributed by atoms with E-state index in [4.69, 9.17) is 10.2 Å². The Morgan fingerprint density at radius 2 is 1.56 bits per heavy atom. The van der Waals surface area contributed by atoms with Crippen LogP contribution in [0, 0.1) is 0 Å². The summed E-state index contributed by atoms with van der Waals surface area (Å²) in [6.07, 6.45) is 0. The Morgan fingerprint density at radius 1 is 1.06 bits per heavy atom. The number of hydrogen-bond acceptors (Lipinski definition) is 5. The summed E-state index contributed by atoms with van der Waals surface area (Å²) in [5.41, 5.74) is 0.537. The summed E-state index contributed by atoms with van der Waals surface area (Å²) in [6.45, 7) is 0. The summed E-state index contributed by atoms with van der Waals surface area (Å²) >= 11 is 2.16. The van der Waals surface area contributed by atoms with Gasteiger partial charge in [0.2, 0.25) is 0 Å². The van der Waals surface area contributed by atoms with Gasteiger partial charge in [-0.3, -0.25) is 9.59 Å². The number of thioether (sulfide) groups is 2. The normalized spacial score (nSPS) is 10.5. The predicted octanol–water partition coefficient (Wildman–Crippen LogP) is 2.03. The number of phenolic OH excluding ortho intramolecular Hbond substituents is 1. The zero-order valence-electron chi connectivity index (χ0n) is 9.28. The average Bonchev–Trinajstić information content (AvgIpc) is 2.30. The van der Waals surface area contributed by atoms with Crippen molar-refractivity contribution in [2.75, 3.05) is 11.5 Å². The van der Waals surface area contributed by atoms with E-state index in [0.29, 0.717) is 5.56 Å². The van der Waals surface area contributed by atoms with Gasteiger partial charge in [0.15, 0.2) is 0 Å². The lowest BCUT2D eigenvalue weighted by molar-refractivity contribution is -0.134. The number of para-hydroxylation sites is 1. The minimum atomic E-state index is -0.976. The number of aliphatic carboxylic acids is 2. The van der Waals surface area contributed by atoms with Gasteiger partial charge in [-0.25, -0.2) is 0 Å². The third-order valence-corrected chi connectivity index (χ3v) is 4.66. The van der Waals surface area contributed by atoms with Gasteiger partial charge in [-0.05, 0) is 6.07 Å². The van der Waals surface area contributed by atoms with Gasteiger partial charge in [0.05, 0.1) is 16.1 Å². The van der Waals surface area contributed by atoms with Crippen LogP contribution in [-0.4, -0.2) is 38.8 Å². The molecule has 18 heavy (non-hydrogen) atoms. The Kier molecular flexibility index (Phi) is 5.87. The first-order chi connectivity index (χ1) is 8.50. The molecule has 0 radical (unpaired) electrons. The molecule has 3 N–H and O–H groups in total. The molecule has 0 heterocycles. The Bertz CT molecular complexity index is 417. The van der Waals surface area contributed by atoms with Gasteiger partial charge < -0.3 is 15.3 Å². The molecule has 0 aliphatic rings. The number of hydrogen-bond donors (Lipinski definition) is 3. The standard InChI is InChI=1S/C11H12O5S2/c12-8-4-2-1-3-7(8)11(17-5-9(13)14)18-6-10(15)16/h1-4,11-12H,5-6H2,(H,13,14)(H,15,16). The Balaban J connectivity index is 2.79.